The molecule has 0 fully saturated rings. The molecule has 13 heavy (non-hydrogen) atoms. The van der Waals surface area contributed by atoms with E-state index < -0.39 is 5.97 Å². The highest BCUT2D eigenvalue weighted by Crippen LogP contribution is 1.93. The molecule has 0 unspecified atom stereocenters. The average Bonchev–Trinajstić information content (AvgIpc) is 1.96. The Hall–Kier alpha value is -0.580. The number of quaternary nitrogens is 1. The lowest BCUT2D eigenvalue weighted by molar-refractivity contribution is -1.07. The molecule has 0 saturated carbocycles. The van der Waals surface area contributed by atoms with Crippen molar-refractivity contribution in [2.75, 3.05) is 27.2 Å². The van der Waals surface area contributed by atoms with Gasteiger partial charge in [-0.2, -0.15) is 4.65 Å². The van der Waals surface area contributed by atoms with Crippen LogP contribution < -0.4 is 12.4 Å². The number of halogens is 1. The van der Waals surface area contributed by atoms with Gasteiger partial charge in [0.2, 0.25) is 0 Å². The van der Waals surface area contributed by atoms with Crippen molar-refractivity contribution >= 4 is 5.97 Å². The zero-order chi connectivity index (χ0) is 9.61. The Morgan fingerprint density at radius 1 is 1.62 bits per heavy atom. The van der Waals surface area contributed by atoms with E-state index in [0.29, 0.717) is 19.6 Å². The molecule has 5 heteroatoms. The highest BCUT2D eigenvalue weighted by atomic mass is 35.5. The largest absolute Gasteiger partial charge is 1.00 e. The molecule has 0 aromatic rings. The molecule has 0 spiro atoms. The molecule has 78 valence electrons. The van der Waals surface area contributed by atoms with Gasteiger partial charge in [0.25, 0.3) is 0 Å². The molecule has 0 aromatic heterocycles. The number of carbonyl (C=O) groups excluding carboxylic acids is 1. The van der Waals surface area contributed by atoms with Crippen molar-refractivity contribution in [2.24, 2.45) is 0 Å². The van der Waals surface area contributed by atoms with Crippen LogP contribution in [-0.4, -0.2) is 43.1 Å². The van der Waals surface area contributed by atoms with Crippen LogP contribution >= 0.6 is 0 Å². The molecule has 0 atom stereocenters. The van der Waals surface area contributed by atoms with E-state index in [-0.39, 0.29) is 17.1 Å². The van der Waals surface area contributed by atoms with Gasteiger partial charge in [0, 0.05) is 12.5 Å². The zero-order valence-corrected chi connectivity index (χ0v) is 8.75. The lowest BCUT2D eigenvalue weighted by atomic mass is 10.4. The molecular formula is C8H16ClNO3. The van der Waals surface area contributed by atoms with Crippen molar-refractivity contribution in [3.8, 4) is 0 Å². The molecule has 0 amide bonds. The minimum atomic E-state index is -0.418. The maximum absolute atomic E-state index is 10.5. The summed E-state index contributed by atoms with van der Waals surface area (Å²) < 4.78 is 4.60. The van der Waals surface area contributed by atoms with Gasteiger partial charge in [-0.3, -0.25) is 0 Å². The van der Waals surface area contributed by atoms with E-state index in [0.717, 1.165) is 6.08 Å². The molecule has 0 aliphatic heterocycles. The van der Waals surface area contributed by atoms with Gasteiger partial charge in [-0.15, -0.1) is 0 Å². The van der Waals surface area contributed by atoms with Gasteiger partial charge >= 0.3 is 5.97 Å². The summed E-state index contributed by atoms with van der Waals surface area (Å²) in [5, 5.41) is 9.22. The standard InChI is InChI=1S/C8H16NO3.ClH/c1-4-8(10)12-7-5-6-9(2,3)11;/h4,11H,1,5-7H2,2-3H3;1H/q+1;/p-1. The number of ether oxygens (including phenoxy) is 1. The van der Waals surface area contributed by atoms with Crippen LogP contribution in [-0.2, 0) is 9.53 Å². The number of hydrogen-bond donors (Lipinski definition) is 1. The Kier molecular flexibility index (Phi) is 7.90. The Balaban J connectivity index is 0. The van der Waals surface area contributed by atoms with Crippen molar-refractivity contribution in [1.29, 1.82) is 0 Å². The zero-order valence-electron chi connectivity index (χ0n) is 7.99. The van der Waals surface area contributed by atoms with Gasteiger partial charge in [0.15, 0.2) is 0 Å². The average molecular weight is 210 g/mol. The van der Waals surface area contributed by atoms with Crippen LogP contribution in [0, 0.1) is 0 Å². The van der Waals surface area contributed by atoms with Crippen molar-refractivity contribution < 1.29 is 31.8 Å². The molecule has 0 aromatic carbocycles. The van der Waals surface area contributed by atoms with Crippen molar-refractivity contribution in [3.63, 3.8) is 0 Å². The van der Waals surface area contributed by atoms with E-state index in [9.17, 15) is 10.0 Å². The highest BCUT2D eigenvalue weighted by Gasteiger charge is 2.09. The van der Waals surface area contributed by atoms with E-state index in [1.165, 1.54) is 0 Å². The van der Waals surface area contributed by atoms with Crippen LogP contribution in [0.3, 0.4) is 0 Å². The highest BCUT2D eigenvalue weighted by molar-refractivity contribution is 5.81. The SMILES string of the molecule is C=CC(=O)OCCC[N+](C)(C)O.[Cl-]. The Morgan fingerprint density at radius 2 is 2.15 bits per heavy atom. The van der Waals surface area contributed by atoms with E-state index in [1.807, 2.05) is 0 Å². The molecule has 0 radical (unpaired) electrons. The third-order valence-corrected chi connectivity index (χ3v) is 1.26. The van der Waals surface area contributed by atoms with Crippen LogP contribution in [0.5, 0.6) is 0 Å². The topological polar surface area (TPSA) is 46.5 Å². The molecule has 4 nitrogen and oxygen atoms in total. The number of hydroxylamine groups is 3. The van der Waals surface area contributed by atoms with E-state index in [1.54, 1.807) is 14.1 Å². The second-order valence-corrected chi connectivity index (χ2v) is 3.07. The van der Waals surface area contributed by atoms with E-state index in [4.69, 9.17) is 4.74 Å². The molecule has 0 aliphatic rings. The second kappa shape index (κ2) is 6.88. The van der Waals surface area contributed by atoms with Crippen LogP contribution in [0.1, 0.15) is 6.42 Å². The maximum Gasteiger partial charge on any atom is 0.330 e. The predicted octanol–water partition coefficient (Wildman–Crippen LogP) is -2.42. The Bertz CT molecular complexity index is 165. The first kappa shape index (κ1) is 14.9. The molecule has 0 rings (SSSR count). The van der Waals surface area contributed by atoms with Crippen molar-refractivity contribution in [3.05, 3.63) is 12.7 Å². The van der Waals surface area contributed by atoms with Gasteiger partial charge < -0.3 is 17.1 Å². The molecule has 0 saturated heterocycles. The first-order chi connectivity index (χ1) is 5.45. The third kappa shape index (κ3) is 11.4. The van der Waals surface area contributed by atoms with Gasteiger partial charge in [0.1, 0.15) is 6.54 Å². The second-order valence-electron chi connectivity index (χ2n) is 3.07. The minimum absolute atomic E-state index is 0. The smallest absolute Gasteiger partial charge is 0.330 e. The van der Waals surface area contributed by atoms with Gasteiger partial charge in [-0.05, 0) is 0 Å². The van der Waals surface area contributed by atoms with Gasteiger partial charge in [0.05, 0.1) is 20.7 Å². The van der Waals surface area contributed by atoms with E-state index in [2.05, 4.69) is 6.58 Å². The van der Waals surface area contributed by atoms with Crippen LogP contribution in [0.2, 0.25) is 0 Å². The summed E-state index contributed by atoms with van der Waals surface area (Å²) in [7, 11) is 3.32. The van der Waals surface area contributed by atoms with Crippen molar-refractivity contribution in [2.45, 2.75) is 6.42 Å². The molecular weight excluding hydrogens is 194 g/mol. The third-order valence-electron chi connectivity index (χ3n) is 1.26. The number of nitrogens with zero attached hydrogens (tertiary/aromatic N) is 1. The first-order valence-corrected chi connectivity index (χ1v) is 3.80. The first-order valence-electron chi connectivity index (χ1n) is 3.80. The fraction of sp³-hybridized carbons (Fsp3) is 0.625. The number of carbonyl (C=O) groups is 1. The molecule has 1 N–H and O–H groups in total. The fourth-order valence-corrected chi connectivity index (χ4v) is 0.683. The summed E-state index contributed by atoms with van der Waals surface area (Å²) in [5.41, 5.74) is 0. The molecule has 0 heterocycles. The summed E-state index contributed by atoms with van der Waals surface area (Å²) >= 11 is 0. The van der Waals surface area contributed by atoms with Crippen molar-refractivity contribution in [1.82, 2.24) is 0 Å². The normalized spacial score (nSPS) is 10.1. The lowest BCUT2D eigenvalue weighted by Crippen LogP contribution is -3.00. The number of rotatable bonds is 5. The Labute approximate surface area is 84.8 Å². The predicted molar refractivity (Wildman–Crippen MR) is 44.5 cm³/mol. The van der Waals surface area contributed by atoms with Crippen LogP contribution in [0.4, 0.5) is 0 Å². The number of hydrogen-bond acceptors (Lipinski definition) is 3. The summed E-state index contributed by atoms with van der Waals surface area (Å²) in [5.74, 6) is -0.418. The summed E-state index contributed by atoms with van der Waals surface area (Å²) in [6, 6.07) is 0. The van der Waals surface area contributed by atoms with Crippen LogP contribution in [0.25, 0.3) is 0 Å². The van der Waals surface area contributed by atoms with Crippen LogP contribution in [0.15, 0.2) is 12.7 Å². The summed E-state index contributed by atoms with van der Waals surface area (Å²) in [4.78, 5) is 10.5. The molecule has 0 bridgehead atoms. The minimum Gasteiger partial charge on any atom is -1.00 e. The maximum atomic E-state index is 10.5. The van der Waals surface area contributed by atoms with Gasteiger partial charge in [-0.25, -0.2) is 10.0 Å². The monoisotopic (exact) mass is 209 g/mol. The number of esters is 1. The quantitative estimate of drug-likeness (QED) is 0.180. The van der Waals surface area contributed by atoms with E-state index >= 15 is 0 Å². The fourth-order valence-electron chi connectivity index (χ4n) is 0.683. The van der Waals surface area contributed by atoms with Gasteiger partial charge in [-0.1, -0.05) is 6.58 Å². The summed E-state index contributed by atoms with van der Waals surface area (Å²) in [6.07, 6.45) is 1.77. The summed E-state index contributed by atoms with van der Waals surface area (Å²) in [6.45, 7) is 4.15. The Morgan fingerprint density at radius 3 is 2.54 bits per heavy atom. The lowest BCUT2D eigenvalue weighted by Gasteiger charge is -2.18. The molecule has 0 aliphatic carbocycles.